The van der Waals surface area contributed by atoms with E-state index in [1.54, 1.807) is 17.5 Å². The predicted octanol–water partition coefficient (Wildman–Crippen LogP) is 6.16. The van der Waals surface area contributed by atoms with Gasteiger partial charge >= 0.3 is 12.1 Å². The average Bonchev–Trinajstić information content (AvgIpc) is 3.53. The van der Waals surface area contributed by atoms with Crippen molar-refractivity contribution in [3.05, 3.63) is 93.7 Å². The molecule has 1 aliphatic heterocycles. The molecule has 0 bridgehead atoms. The van der Waals surface area contributed by atoms with Crippen LogP contribution in [0.5, 0.6) is 0 Å². The molecule has 0 aliphatic carbocycles. The first-order valence-corrected chi connectivity index (χ1v) is 13.4. The number of nitrogens with zero attached hydrogens (tertiary/aromatic N) is 1. The molecule has 3 atom stereocenters. The van der Waals surface area contributed by atoms with E-state index in [0.717, 1.165) is 29.8 Å². The van der Waals surface area contributed by atoms with Gasteiger partial charge in [-0.1, -0.05) is 50.2 Å². The molecule has 2 N–H and O–H groups in total. The number of thiophene rings is 1. The van der Waals surface area contributed by atoms with E-state index in [0.29, 0.717) is 4.88 Å². The summed E-state index contributed by atoms with van der Waals surface area (Å²) in [6.07, 6.45) is -4.54. The lowest BCUT2D eigenvalue weighted by Crippen LogP contribution is -2.58. The number of carboxylic acid groups (broad SMARTS) is 1. The summed E-state index contributed by atoms with van der Waals surface area (Å²) >= 11 is 1.27. The number of alkyl halides is 3. The Bertz CT molecular complexity index is 1310. The number of carbonyl (C=O) groups is 3. The lowest BCUT2D eigenvalue weighted by atomic mass is 9.82. The largest absolute Gasteiger partial charge is 0.481 e. The molecule has 1 aromatic heterocycles. The van der Waals surface area contributed by atoms with Gasteiger partial charge in [-0.2, -0.15) is 13.2 Å². The number of rotatable bonds is 8. The smallest absolute Gasteiger partial charge is 0.416 e. The van der Waals surface area contributed by atoms with E-state index in [2.05, 4.69) is 5.32 Å². The Morgan fingerprint density at radius 2 is 1.72 bits per heavy atom. The quantitative estimate of drug-likeness (QED) is 0.347. The molecular formula is C29H29F3N2O4S. The van der Waals surface area contributed by atoms with E-state index in [4.69, 9.17) is 0 Å². The number of benzene rings is 2. The van der Waals surface area contributed by atoms with Gasteiger partial charge in [0, 0.05) is 17.0 Å². The summed E-state index contributed by atoms with van der Waals surface area (Å²) < 4.78 is 39.6. The van der Waals surface area contributed by atoms with Crippen LogP contribution >= 0.6 is 11.3 Å². The van der Waals surface area contributed by atoms with Crippen LogP contribution in [0.4, 0.5) is 13.2 Å². The number of aliphatic carboxylic acids is 1. The Morgan fingerprint density at radius 1 is 1.05 bits per heavy atom. The molecule has 39 heavy (non-hydrogen) atoms. The summed E-state index contributed by atoms with van der Waals surface area (Å²) in [5.41, 5.74) is -1.68. The topological polar surface area (TPSA) is 86.7 Å². The highest BCUT2D eigenvalue weighted by molar-refractivity contribution is 7.10. The van der Waals surface area contributed by atoms with Crippen LogP contribution in [0.1, 0.15) is 59.1 Å². The van der Waals surface area contributed by atoms with Crippen LogP contribution in [0.3, 0.4) is 0 Å². The second-order valence-corrected chi connectivity index (χ2v) is 11.1. The maximum Gasteiger partial charge on any atom is 0.416 e. The van der Waals surface area contributed by atoms with Gasteiger partial charge in [-0.05, 0) is 60.0 Å². The van der Waals surface area contributed by atoms with Gasteiger partial charge in [0.2, 0.25) is 5.91 Å². The van der Waals surface area contributed by atoms with E-state index >= 15 is 0 Å². The van der Waals surface area contributed by atoms with Crippen LogP contribution < -0.4 is 5.32 Å². The van der Waals surface area contributed by atoms with Crippen LogP contribution in [-0.2, 0) is 22.3 Å². The summed E-state index contributed by atoms with van der Waals surface area (Å²) in [6.45, 7) is 3.92. The second kappa shape index (κ2) is 11.2. The molecule has 1 fully saturated rings. The summed E-state index contributed by atoms with van der Waals surface area (Å²) in [6, 6.07) is 15.4. The maximum atomic E-state index is 14.1. The minimum Gasteiger partial charge on any atom is -0.481 e. The Balaban J connectivity index is 1.83. The molecule has 0 saturated carbocycles. The molecule has 0 radical (unpaired) electrons. The molecule has 206 valence electrons. The van der Waals surface area contributed by atoms with E-state index < -0.39 is 47.0 Å². The van der Waals surface area contributed by atoms with Crippen molar-refractivity contribution < 1.29 is 32.7 Å². The van der Waals surface area contributed by atoms with Gasteiger partial charge in [-0.15, -0.1) is 11.3 Å². The molecule has 0 spiro atoms. The van der Waals surface area contributed by atoms with Gasteiger partial charge in [0.05, 0.1) is 17.5 Å². The fourth-order valence-electron chi connectivity index (χ4n) is 5.38. The summed E-state index contributed by atoms with van der Waals surface area (Å²) in [5.74, 6) is -3.54. The molecular weight excluding hydrogens is 529 g/mol. The standard InChI is InChI=1S/C29H29F3N2O4S/c1-18(2)15-28(27(38)33-17-19-7-4-3-5-8-19)16-22(26(36)37)24(23-9-6-14-39-23)34(28)25(35)20-10-12-21(13-11-20)29(30,31)32/h3-14,18,22,24H,15-17H2,1-2H3,(H,33,38)(H,36,37)/t22-,24+,28-/m0/s1. The van der Waals surface area contributed by atoms with E-state index in [9.17, 15) is 32.7 Å². The number of hydrogen-bond acceptors (Lipinski definition) is 4. The van der Waals surface area contributed by atoms with Crippen molar-refractivity contribution in [2.75, 3.05) is 0 Å². The third kappa shape index (κ3) is 5.85. The zero-order valence-electron chi connectivity index (χ0n) is 21.4. The maximum absolute atomic E-state index is 14.1. The number of halogens is 3. The summed E-state index contributed by atoms with van der Waals surface area (Å²) in [7, 11) is 0. The predicted molar refractivity (Wildman–Crippen MR) is 141 cm³/mol. The highest BCUT2D eigenvalue weighted by Gasteiger charge is 2.60. The minimum absolute atomic E-state index is 0.0559. The molecule has 2 heterocycles. The molecule has 10 heteroatoms. The van der Waals surface area contributed by atoms with Crippen molar-refractivity contribution in [1.29, 1.82) is 0 Å². The first kappa shape index (κ1) is 28.4. The number of likely N-dealkylation sites (tertiary alicyclic amines) is 1. The molecule has 4 rings (SSSR count). The Morgan fingerprint density at radius 3 is 2.26 bits per heavy atom. The van der Waals surface area contributed by atoms with Gasteiger partial charge in [-0.3, -0.25) is 14.4 Å². The molecule has 1 aliphatic rings. The summed E-state index contributed by atoms with van der Waals surface area (Å²) in [5, 5.41) is 14.9. The van der Waals surface area contributed by atoms with Gasteiger partial charge in [0.1, 0.15) is 5.54 Å². The van der Waals surface area contributed by atoms with Gasteiger partial charge in [0.25, 0.3) is 5.91 Å². The zero-order chi connectivity index (χ0) is 28.4. The number of amides is 2. The fraction of sp³-hybridized carbons (Fsp3) is 0.345. The molecule has 6 nitrogen and oxygen atoms in total. The normalized spacial score (nSPS) is 21.2. The molecule has 0 unspecified atom stereocenters. The number of carboxylic acids is 1. The zero-order valence-corrected chi connectivity index (χ0v) is 22.3. The van der Waals surface area contributed by atoms with E-state index in [-0.39, 0.29) is 30.9 Å². The van der Waals surface area contributed by atoms with E-state index in [1.807, 2.05) is 44.2 Å². The van der Waals surface area contributed by atoms with Crippen LogP contribution in [0.15, 0.2) is 72.1 Å². The monoisotopic (exact) mass is 558 g/mol. The van der Waals surface area contributed by atoms with Crippen molar-refractivity contribution in [2.45, 2.75) is 51.0 Å². The van der Waals surface area contributed by atoms with Crippen molar-refractivity contribution >= 4 is 29.1 Å². The number of hydrogen-bond donors (Lipinski definition) is 2. The third-order valence-electron chi connectivity index (χ3n) is 6.97. The van der Waals surface area contributed by atoms with Gasteiger partial charge < -0.3 is 15.3 Å². The number of nitrogens with one attached hydrogen (secondary N) is 1. The first-order valence-electron chi connectivity index (χ1n) is 12.5. The van der Waals surface area contributed by atoms with Crippen LogP contribution in [0.2, 0.25) is 0 Å². The van der Waals surface area contributed by atoms with Crippen molar-refractivity contribution in [3.8, 4) is 0 Å². The van der Waals surface area contributed by atoms with Gasteiger partial charge in [0.15, 0.2) is 0 Å². The lowest BCUT2D eigenvalue weighted by molar-refractivity contribution is -0.142. The van der Waals surface area contributed by atoms with Crippen molar-refractivity contribution in [1.82, 2.24) is 10.2 Å². The third-order valence-corrected chi connectivity index (χ3v) is 7.92. The summed E-state index contributed by atoms with van der Waals surface area (Å²) in [4.78, 5) is 42.6. The molecule has 3 aromatic rings. The van der Waals surface area contributed by atoms with Crippen molar-refractivity contribution in [2.24, 2.45) is 11.8 Å². The Kier molecular flexibility index (Phi) is 8.15. The van der Waals surface area contributed by atoms with Gasteiger partial charge in [-0.25, -0.2) is 0 Å². The highest BCUT2D eigenvalue weighted by atomic mass is 32.1. The fourth-order valence-corrected chi connectivity index (χ4v) is 6.26. The van der Waals surface area contributed by atoms with Crippen LogP contribution in [0, 0.1) is 11.8 Å². The average molecular weight is 559 g/mol. The minimum atomic E-state index is -4.58. The first-order chi connectivity index (χ1) is 18.4. The highest BCUT2D eigenvalue weighted by Crippen LogP contribution is 2.51. The van der Waals surface area contributed by atoms with Crippen LogP contribution in [-0.4, -0.2) is 33.3 Å². The Hall–Kier alpha value is -3.66. The molecule has 2 aromatic carbocycles. The molecule has 1 saturated heterocycles. The van der Waals surface area contributed by atoms with Crippen LogP contribution in [0.25, 0.3) is 0 Å². The van der Waals surface area contributed by atoms with E-state index in [1.165, 1.54) is 16.2 Å². The SMILES string of the molecule is CC(C)C[C@@]1(C(=O)NCc2ccccc2)C[C@H](C(=O)O)[C@H](c2cccs2)N1C(=O)c1ccc(C(F)(F)F)cc1. The lowest BCUT2D eigenvalue weighted by Gasteiger charge is -2.41. The molecule has 2 amide bonds. The number of carbonyl (C=O) groups excluding carboxylic acids is 2. The Labute approximate surface area is 228 Å². The van der Waals surface area contributed by atoms with Crippen molar-refractivity contribution in [3.63, 3.8) is 0 Å². The second-order valence-electron chi connectivity index (χ2n) is 10.2.